The van der Waals surface area contributed by atoms with E-state index in [1.807, 2.05) is 0 Å². The molecule has 0 aliphatic rings. The summed E-state index contributed by atoms with van der Waals surface area (Å²) in [7, 11) is 0. The largest absolute Gasteiger partial charge is 0.0958 e. The summed E-state index contributed by atoms with van der Waals surface area (Å²) in [5.74, 6) is 0. The molecule has 0 bridgehead atoms. The molecule has 0 atom stereocenters. The van der Waals surface area contributed by atoms with E-state index in [1.165, 1.54) is 42.4 Å². The number of benzene rings is 1. The Morgan fingerprint density at radius 2 is 1.63 bits per heavy atom. The van der Waals surface area contributed by atoms with E-state index in [4.69, 9.17) is 0 Å². The predicted octanol–water partition coefficient (Wildman–Crippen LogP) is 6.64. The first-order chi connectivity index (χ1) is 9.15. The third-order valence-corrected chi connectivity index (χ3v) is 2.74. The Balaban J connectivity index is 0.000000982. The van der Waals surface area contributed by atoms with Gasteiger partial charge in [0.05, 0.1) is 0 Å². The van der Waals surface area contributed by atoms with Crippen LogP contribution >= 0.6 is 0 Å². The lowest BCUT2D eigenvalue weighted by atomic mass is 9.99. The Kier molecular flexibility index (Phi) is 11.0. The molecule has 0 fully saturated rings. The van der Waals surface area contributed by atoms with Gasteiger partial charge in [0.15, 0.2) is 0 Å². The van der Waals surface area contributed by atoms with Gasteiger partial charge in [-0.25, -0.2) is 0 Å². The summed E-state index contributed by atoms with van der Waals surface area (Å²) >= 11 is 0. The molecule has 106 valence electrons. The van der Waals surface area contributed by atoms with Gasteiger partial charge in [-0.05, 0) is 30.9 Å². The summed E-state index contributed by atoms with van der Waals surface area (Å²) in [4.78, 5) is 0. The number of unbranched alkanes of at least 4 members (excludes halogenated alkanes) is 2. The Morgan fingerprint density at radius 3 is 2.11 bits per heavy atom. The van der Waals surface area contributed by atoms with Gasteiger partial charge in [-0.15, -0.1) is 0 Å². The average Bonchev–Trinajstić information content (AvgIpc) is 2.40. The van der Waals surface area contributed by atoms with Crippen LogP contribution in [-0.2, 0) is 0 Å². The lowest BCUT2D eigenvalue weighted by Gasteiger charge is -2.07. The molecule has 0 nitrogen and oxygen atoms in total. The van der Waals surface area contributed by atoms with Gasteiger partial charge in [0, 0.05) is 0 Å². The van der Waals surface area contributed by atoms with Gasteiger partial charge >= 0.3 is 0 Å². The zero-order chi connectivity index (χ0) is 14.5. The molecule has 0 aliphatic heterocycles. The highest BCUT2D eigenvalue weighted by molar-refractivity contribution is 5.57. The fraction of sp³-hybridized carbons (Fsp3) is 0.474. The maximum absolute atomic E-state index is 4.06. The molecule has 0 saturated heterocycles. The molecule has 1 aromatic carbocycles. The molecule has 0 radical (unpaired) electrons. The fourth-order valence-electron chi connectivity index (χ4n) is 1.72. The van der Waals surface area contributed by atoms with Crippen LogP contribution in [0.1, 0.15) is 65.4 Å². The molecule has 0 aliphatic carbocycles. The van der Waals surface area contributed by atoms with E-state index in [0.717, 1.165) is 6.42 Å². The number of allylic oxidation sites excluding steroid dienone is 2. The van der Waals surface area contributed by atoms with Crippen LogP contribution in [0, 0.1) is 0 Å². The summed E-state index contributed by atoms with van der Waals surface area (Å²) in [5.41, 5.74) is 3.86. The third-order valence-electron chi connectivity index (χ3n) is 2.74. The van der Waals surface area contributed by atoms with Crippen LogP contribution in [0.3, 0.4) is 0 Å². The van der Waals surface area contributed by atoms with E-state index in [1.54, 1.807) is 0 Å². The fourth-order valence-corrected chi connectivity index (χ4v) is 1.72. The van der Waals surface area contributed by atoms with E-state index in [-0.39, 0.29) is 0 Å². The number of hydrogen-bond donors (Lipinski definition) is 0. The van der Waals surface area contributed by atoms with Crippen molar-refractivity contribution in [3.05, 3.63) is 53.6 Å². The molecular weight excluding hydrogens is 228 g/mol. The quantitative estimate of drug-likeness (QED) is 0.396. The highest BCUT2D eigenvalue weighted by atomic mass is 14.0. The SMILES string of the molecule is C=C(C)/C(=C/c1ccccc1)CCCCC.CCC. The van der Waals surface area contributed by atoms with Crippen LogP contribution in [-0.4, -0.2) is 0 Å². The second-order valence-corrected chi connectivity index (χ2v) is 5.02. The highest BCUT2D eigenvalue weighted by Crippen LogP contribution is 2.19. The summed E-state index contributed by atoms with van der Waals surface area (Å²) < 4.78 is 0. The Morgan fingerprint density at radius 1 is 1.05 bits per heavy atom. The van der Waals surface area contributed by atoms with Crippen molar-refractivity contribution in [3.63, 3.8) is 0 Å². The molecule has 0 amide bonds. The van der Waals surface area contributed by atoms with Crippen LogP contribution in [0.2, 0.25) is 0 Å². The average molecular weight is 258 g/mol. The monoisotopic (exact) mass is 258 g/mol. The lowest BCUT2D eigenvalue weighted by Crippen LogP contribution is -1.86. The summed E-state index contributed by atoms with van der Waals surface area (Å²) in [6.45, 7) is 12.6. The molecule has 0 spiro atoms. The summed E-state index contributed by atoms with van der Waals surface area (Å²) in [5, 5.41) is 0. The van der Waals surface area contributed by atoms with E-state index in [9.17, 15) is 0 Å². The van der Waals surface area contributed by atoms with Crippen LogP contribution in [0.4, 0.5) is 0 Å². The third kappa shape index (κ3) is 9.30. The highest BCUT2D eigenvalue weighted by Gasteiger charge is 1.98. The minimum absolute atomic E-state index is 1.15. The van der Waals surface area contributed by atoms with Gasteiger partial charge in [0.2, 0.25) is 0 Å². The zero-order valence-electron chi connectivity index (χ0n) is 13.2. The predicted molar refractivity (Wildman–Crippen MR) is 89.3 cm³/mol. The van der Waals surface area contributed by atoms with E-state index in [0.29, 0.717) is 0 Å². The van der Waals surface area contributed by atoms with Crippen LogP contribution in [0.25, 0.3) is 6.08 Å². The van der Waals surface area contributed by atoms with Crippen molar-refractivity contribution in [3.8, 4) is 0 Å². The van der Waals surface area contributed by atoms with Crippen LogP contribution < -0.4 is 0 Å². The maximum atomic E-state index is 4.06. The first-order valence-electron chi connectivity index (χ1n) is 7.57. The topological polar surface area (TPSA) is 0 Å². The van der Waals surface area contributed by atoms with Crippen molar-refractivity contribution in [2.75, 3.05) is 0 Å². The molecule has 0 unspecified atom stereocenters. The Bertz CT molecular complexity index is 357. The van der Waals surface area contributed by atoms with Crippen molar-refractivity contribution < 1.29 is 0 Å². The molecule has 0 N–H and O–H groups in total. The number of hydrogen-bond acceptors (Lipinski definition) is 0. The molecule has 0 aromatic heterocycles. The second kappa shape index (κ2) is 11.8. The zero-order valence-corrected chi connectivity index (χ0v) is 13.2. The first kappa shape index (κ1) is 17.7. The van der Waals surface area contributed by atoms with Crippen LogP contribution in [0.15, 0.2) is 48.1 Å². The van der Waals surface area contributed by atoms with Gasteiger partial charge < -0.3 is 0 Å². The van der Waals surface area contributed by atoms with Crippen molar-refractivity contribution in [1.29, 1.82) is 0 Å². The van der Waals surface area contributed by atoms with Gasteiger partial charge in [-0.1, -0.05) is 88.6 Å². The molecule has 1 aromatic rings. The molecule has 0 saturated carbocycles. The van der Waals surface area contributed by atoms with Gasteiger partial charge in [-0.3, -0.25) is 0 Å². The smallest absolute Gasteiger partial charge is 0.0254 e. The van der Waals surface area contributed by atoms with Crippen LogP contribution in [0.5, 0.6) is 0 Å². The van der Waals surface area contributed by atoms with Crippen molar-refractivity contribution in [2.24, 2.45) is 0 Å². The van der Waals surface area contributed by atoms with Gasteiger partial charge in [0.1, 0.15) is 0 Å². The summed E-state index contributed by atoms with van der Waals surface area (Å²) in [6, 6.07) is 10.5. The molecule has 19 heavy (non-hydrogen) atoms. The van der Waals surface area contributed by atoms with Gasteiger partial charge in [-0.2, -0.15) is 0 Å². The normalized spacial score (nSPS) is 10.6. The number of rotatable bonds is 6. The van der Waals surface area contributed by atoms with Gasteiger partial charge in [0.25, 0.3) is 0 Å². The van der Waals surface area contributed by atoms with Crippen molar-refractivity contribution in [1.82, 2.24) is 0 Å². The Labute approximate surface area is 120 Å². The van der Waals surface area contributed by atoms with Crippen molar-refractivity contribution >= 4 is 6.08 Å². The Hall–Kier alpha value is -1.30. The lowest BCUT2D eigenvalue weighted by molar-refractivity contribution is 0.717. The van der Waals surface area contributed by atoms with E-state index in [2.05, 4.69) is 70.7 Å². The van der Waals surface area contributed by atoms with Crippen molar-refractivity contribution in [2.45, 2.75) is 59.8 Å². The second-order valence-electron chi connectivity index (χ2n) is 5.02. The minimum atomic E-state index is 1.15. The maximum Gasteiger partial charge on any atom is -0.0254 e. The molecule has 0 heteroatoms. The minimum Gasteiger partial charge on any atom is -0.0958 e. The first-order valence-corrected chi connectivity index (χ1v) is 7.57. The summed E-state index contributed by atoms with van der Waals surface area (Å²) in [6.07, 6.45) is 8.51. The molecular formula is C19H30. The molecule has 0 heterocycles. The standard InChI is InChI=1S/C16H22.C3H8/c1-4-5-7-12-16(14(2)3)13-15-10-8-6-9-11-15;1-3-2/h6,8-11,13H,2,4-5,7,12H2,1,3H3;3H2,1-2H3/b16-13+;. The molecule has 1 rings (SSSR count). The van der Waals surface area contributed by atoms with E-state index >= 15 is 0 Å². The van der Waals surface area contributed by atoms with E-state index < -0.39 is 0 Å².